The van der Waals surface area contributed by atoms with Crippen molar-refractivity contribution in [1.29, 1.82) is 0 Å². The predicted molar refractivity (Wildman–Crippen MR) is 129 cm³/mol. The van der Waals surface area contributed by atoms with Gasteiger partial charge in [-0.05, 0) is 37.4 Å². The SMILES string of the molecule is CCOC(=O)C1=C(C)N=c2s/c(=C\c3cccc(OC)c3OC(C)=O)c(=O)n2[C@@H]1c1cccs1. The summed E-state index contributed by atoms with van der Waals surface area (Å²) in [6.45, 7) is 4.99. The first kappa shape index (κ1) is 23.7. The molecule has 0 N–H and O–H groups in total. The molecule has 10 heteroatoms. The molecule has 1 aliphatic rings. The third-order valence-corrected chi connectivity index (χ3v) is 7.00. The molecule has 0 fully saturated rings. The minimum absolute atomic E-state index is 0.214. The number of carbonyl (C=O) groups is 2. The Morgan fingerprint density at radius 1 is 1.24 bits per heavy atom. The van der Waals surface area contributed by atoms with Gasteiger partial charge in [0.25, 0.3) is 5.56 Å². The first-order valence-corrected chi connectivity index (χ1v) is 12.1. The molecule has 0 spiro atoms. The summed E-state index contributed by atoms with van der Waals surface area (Å²) in [5, 5.41) is 1.89. The van der Waals surface area contributed by atoms with Crippen molar-refractivity contribution < 1.29 is 23.8 Å². The number of hydrogen-bond donors (Lipinski definition) is 0. The van der Waals surface area contributed by atoms with E-state index in [1.807, 2.05) is 17.5 Å². The van der Waals surface area contributed by atoms with Crippen molar-refractivity contribution in [3.63, 3.8) is 0 Å². The van der Waals surface area contributed by atoms with Crippen LogP contribution in [-0.4, -0.2) is 30.2 Å². The van der Waals surface area contributed by atoms with Crippen molar-refractivity contribution in [1.82, 2.24) is 4.57 Å². The highest BCUT2D eigenvalue weighted by atomic mass is 32.1. The Morgan fingerprint density at radius 2 is 2.03 bits per heavy atom. The molecule has 2 aromatic heterocycles. The van der Waals surface area contributed by atoms with Gasteiger partial charge in [0.05, 0.1) is 29.5 Å². The van der Waals surface area contributed by atoms with E-state index in [0.717, 1.165) is 4.88 Å². The number of thiazole rings is 1. The van der Waals surface area contributed by atoms with E-state index >= 15 is 0 Å². The number of methoxy groups -OCH3 is 1. The summed E-state index contributed by atoms with van der Waals surface area (Å²) in [5.41, 5.74) is 1.04. The first-order valence-electron chi connectivity index (χ1n) is 10.4. The average Bonchev–Trinajstić information content (AvgIpc) is 3.42. The topological polar surface area (TPSA) is 96.2 Å². The van der Waals surface area contributed by atoms with Gasteiger partial charge in [0.1, 0.15) is 6.04 Å². The summed E-state index contributed by atoms with van der Waals surface area (Å²) in [4.78, 5) is 44.0. The van der Waals surface area contributed by atoms with Crippen LogP contribution in [0.25, 0.3) is 6.08 Å². The van der Waals surface area contributed by atoms with E-state index in [9.17, 15) is 14.4 Å². The van der Waals surface area contributed by atoms with E-state index < -0.39 is 18.0 Å². The number of thiophene rings is 1. The average molecular weight is 499 g/mol. The zero-order valence-electron chi connectivity index (χ0n) is 19.0. The zero-order chi connectivity index (χ0) is 24.4. The molecule has 0 unspecified atom stereocenters. The van der Waals surface area contributed by atoms with Gasteiger partial charge in [-0.1, -0.05) is 29.5 Å². The number of aromatic nitrogens is 1. The number of fused-ring (bicyclic) bond motifs is 1. The molecule has 4 rings (SSSR count). The van der Waals surface area contributed by atoms with Crippen LogP contribution < -0.4 is 24.4 Å². The Kier molecular flexibility index (Phi) is 6.80. The maximum absolute atomic E-state index is 13.6. The second-order valence-electron chi connectivity index (χ2n) is 7.29. The number of hydrogen-bond acceptors (Lipinski definition) is 9. The van der Waals surface area contributed by atoms with E-state index in [0.29, 0.717) is 31.9 Å². The maximum atomic E-state index is 13.6. The highest BCUT2D eigenvalue weighted by molar-refractivity contribution is 7.10. The molecule has 1 aliphatic heterocycles. The van der Waals surface area contributed by atoms with Crippen molar-refractivity contribution >= 4 is 40.7 Å². The Labute approximate surface area is 203 Å². The van der Waals surface area contributed by atoms with E-state index in [2.05, 4.69) is 4.99 Å². The molecule has 0 aliphatic carbocycles. The molecule has 8 nitrogen and oxygen atoms in total. The lowest BCUT2D eigenvalue weighted by atomic mass is 10.0. The lowest BCUT2D eigenvalue weighted by molar-refractivity contribution is -0.139. The minimum atomic E-state index is -0.643. The smallest absolute Gasteiger partial charge is 0.338 e. The lowest BCUT2D eigenvalue weighted by Crippen LogP contribution is -2.39. The molecule has 0 amide bonds. The van der Waals surface area contributed by atoms with Gasteiger partial charge >= 0.3 is 11.9 Å². The van der Waals surface area contributed by atoms with Crippen LogP contribution in [0.2, 0.25) is 0 Å². The number of allylic oxidation sites excluding steroid dienone is 1. The summed E-state index contributed by atoms with van der Waals surface area (Å²) < 4.78 is 17.9. The Hall–Kier alpha value is -3.50. The zero-order valence-corrected chi connectivity index (χ0v) is 20.6. The number of esters is 2. The van der Waals surface area contributed by atoms with Crippen LogP contribution in [0.4, 0.5) is 0 Å². The number of ether oxygens (including phenoxy) is 3. The molecule has 1 atom stereocenters. The first-order chi connectivity index (χ1) is 16.3. The van der Waals surface area contributed by atoms with Crippen LogP contribution in [0.3, 0.4) is 0 Å². The van der Waals surface area contributed by atoms with Crippen LogP contribution in [-0.2, 0) is 14.3 Å². The molecule has 3 heterocycles. The van der Waals surface area contributed by atoms with Crippen LogP contribution in [0.15, 0.2) is 56.8 Å². The summed E-state index contributed by atoms with van der Waals surface area (Å²) in [6.07, 6.45) is 1.64. The van der Waals surface area contributed by atoms with Crippen LogP contribution in [0.1, 0.15) is 37.3 Å². The molecule has 3 aromatic rings. The fourth-order valence-corrected chi connectivity index (χ4v) is 5.57. The number of carbonyl (C=O) groups excluding carboxylic acids is 2. The second kappa shape index (κ2) is 9.78. The fourth-order valence-electron chi connectivity index (χ4n) is 3.71. The Balaban J connectivity index is 1.94. The normalized spacial score (nSPS) is 15.5. The molecular formula is C24H22N2O6S2. The highest BCUT2D eigenvalue weighted by Crippen LogP contribution is 2.34. The van der Waals surface area contributed by atoms with Crippen molar-refractivity contribution in [3.8, 4) is 11.5 Å². The molecular weight excluding hydrogens is 476 g/mol. The highest BCUT2D eigenvalue weighted by Gasteiger charge is 2.33. The molecule has 1 aromatic carbocycles. The predicted octanol–water partition coefficient (Wildman–Crippen LogP) is 2.79. The number of para-hydroxylation sites is 1. The number of rotatable bonds is 6. The quantitative estimate of drug-likeness (QED) is 0.383. The van der Waals surface area contributed by atoms with Crippen molar-refractivity contribution in [2.75, 3.05) is 13.7 Å². The molecule has 0 radical (unpaired) electrons. The molecule has 176 valence electrons. The number of benzene rings is 1. The van der Waals surface area contributed by atoms with Gasteiger partial charge in [-0.25, -0.2) is 9.79 Å². The lowest BCUT2D eigenvalue weighted by Gasteiger charge is -2.23. The number of nitrogens with zero attached hydrogens (tertiary/aromatic N) is 2. The van der Waals surface area contributed by atoms with Gasteiger partial charge in [0.15, 0.2) is 16.3 Å². The van der Waals surface area contributed by atoms with Gasteiger partial charge in [-0.15, -0.1) is 11.3 Å². The third kappa shape index (κ3) is 4.34. The van der Waals surface area contributed by atoms with Crippen molar-refractivity contribution in [2.24, 2.45) is 4.99 Å². The Morgan fingerprint density at radius 3 is 2.68 bits per heavy atom. The van der Waals surface area contributed by atoms with E-state index in [4.69, 9.17) is 14.2 Å². The second-order valence-corrected chi connectivity index (χ2v) is 9.28. The van der Waals surface area contributed by atoms with E-state index in [1.54, 1.807) is 38.1 Å². The fraction of sp³-hybridized carbons (Fsp3) is 0.250. The summed E-state index contributed by atoms with van der Waals surface area (Å²) in [5.74, 6) is -0.412. The van der Waals surface area contributed by atoms with Crippen LogP contribution in [0, 0.1) is 0 Å². The van der Waals surface area contributed by atoms with Crippen molar-refractivity contribution in [3.05, 3.63) is 77.1 Å². The van der Waals surface area contributed by atoms with Gasteiger partial charge < -0.3 is 14.2 Å². The Bertz CT molecular complexity index is 1460. The van der Waals surface area contributed by atoms with E-state index in [-0.39, 0.29) is 17.9 Å². The maximum Gasteiger partial charge on any atom is 0.338 e. The molecule has 34 heavy (non-hydrogen) atoms. The monoisotopic (exact) mass is 498 g/mol. The largest absolute Gasteiger partial charge is 0.493 e. The van der Waals surface area contributed by atoms with Gasteiger partial charge in [0, 0.05) is 17.4 Å². The van der Waals surface area contributed by atoms with Gasteiger partial charge in [-0.3, -0.25) is 14.2 Å². The molecule has 0 bridgehead atoms. The third-order valence-electron chi connectivity index (χ3n) is 5.09. The molecule has 0 saturated heterocycles. The molecule has 0 saturated carbocycles. The summed E-state index contributed by atoms with van der Waals surface area (Å²) in [7, 11) is 1.47. The van der Waals surface area contributed by atoms with E-state index in [1.165, 1.54) is 41.3 Å². The minimum Gasteiger partial charge on any atom is -0.493 e. The van der Waals surface area contributed by atoms with Crippen LogP contribution >= 0.6 is 22.7 Å². The standard InChI is InChI=1S/C24H22N2O6S2/c1-5-31-23(29)19-13(2)25-24-26(20(19)17-10-7-11-33-17)22(28)18(34-24)12-15-8-6-9-16(30-4)21(15)32-14(3)27/h6-12,20H,5H2,1-4H3/b18-12-/t20-/m1/s1. The summed E-state index contributed by atoms with van der Waals surface area (Å²) in [6, 6.07) is 8.25. The van der Waals surface area contributed by atoms with Gasteiger partial charge in [0.2, 0.25) is 0 Å². The summed E-state index contributed by atoms with van der Waals surface area (Å²) >= 11 is 2.64. The van der Waals surface area contributed by atoms with Crippen LogP contribution in [0.5, 0.6) is 11.5 Å². The van der Waals surface area contributed by atoms with Crippen molar-refractivity contribution in [2.45, 2.75) is 26.8 Å². The van der Waals surface area contributed by atoms with Gasteiger partial charge in [-0.2, -0.15) is 0 Å².